The van der Waals surface area contributed by atoms with Gasteiger partial charge in [0.1, 0.15) is 5.69 Å². The lowest BCUT2D eigenvalue weighted by Crippen LogP contribution is -2.32. The van der Waals surface area contributed by atoms with Crippen LogP contribution in [0.5, 0.6) is 0 Å². The quantitative estimate of drug-likeness (QED) is 0.719. The number of fused-ring (bicyclic) bond motifs is 1. The van der Waals surface area contributed by atoms with Gasteiger partial charge in [0, 0.05) is 29.8 Å². The molecule has 1 amide bonds. The van der Waals surface area contributed by atoms with Gasteiger partial charge in [-0.2, -0.15) is 5.10 Å². The summed E-state index contributed by atoms with van der Waals surface area (Å²) in [6, 6.07) is 15.6. The van der Waals surface area contributed by atoms with Crippen molar-refractivity contribution in [1.29, 1.82) is 0 Å². The van der Waals surface area contributed by atoms with Gasteiger partial charge in [-0.05, 0) is 24.6 Å². The van der Waals surface area contributed by atoms with Gasteiger partial charge in [-0.1, -0.05) is 53.6 Å². The van der Waals surface area contributed by atoms with Crippen LogP contribution in [0.4, 0.5) is 0 Å². The third-order valence-electron chi connectivity index (χ3n) is 4.91. The summed E-state index contributed by atoms with van der Waals surface area (Å²) in [6.07, 6.45) is 0. The Morgan fingerprint density at radius 3 is 2.52 bits per heavy atom. The summed E-state index contributed by atoms with van der Waals surface area (Å²) < 4.78 is 5.22. The van der Waals surface area contributed by atoms with Crippen LogP contribution in [0.15, 0.2) is 48.5 Å². The Morgan fingerprint density at radius 1 is 1.15 bits per heavy atom. The van der Waals surface area contributed by atoms with Crippen molar-refractivity contribution in [3.63, 3.8) is 0 Å². The molecule has 138 valence electrons. The molecule has 27 heavy (non-hydrogen) atoms. The number of aromatic nitrogens is 2. The lowest BCUT2D eigenvalue weighted by Gasteiger charge is -2.26. The zero-order valence-electron chi connectivity index (χ0n) is 15.2. The Labute approximate surface area is 162 Å². The van der Waals surface area contributed by atoms with Crippen molar-refractivity contribution >= 4 is 17.5 Å². The molecule has 0 saturated heterocycles. The zero-order valence-corrected chi connectivity index (χ0v) is 16.0. The first-order valence-electron chi connectivity index (χ1n) is 8.81. The van der Waals surface area contributed by atoms with E-state index in [0.29, 0.717) is 23.9 Å². The molecule has 1 atom stereocenters. The van der Waals surface area contributed by atoms with Crippen LogP contribution in [0, 0.1) is 6.92 Å². The molecule has 1 aliphatic rings. The molecule has 1 aromatic heterocycles. The van der Waals surface area contributed by atoms with Gasteiger partial charge in [0.2, 0.25) is 0 Å². The molecule has 1 N–H and O–H groups in total. The molecule has 2 heterocycles. The van der Waals surface area contributed by atoms with E-state index in [1.54, 1.807) is 7.11 Å². The highest BCUT2D eigenvalue weighted by Gasteiger charge is 2.41. The van der Waals surface area contributed by atoms with Crippen LogP contribution in [0.25, 0.3) is 11.3 Å². The van der Waals surface area contributed by atoms with Gasteiger partial charge >= 0.3 is 0 Å². The number of aryl methyl sites for hydroxylation is 1. The number of methoxy groups -OCH3 is 1. The lowest BCUT2D eigenvalue weighted by molar-refractivity contribution is 0.0677. The maximum absolute atomic E-state index is 13.0. The van der Waals surface area contributed by atoms with E-state index in [1.165, 1.54) is 5.56 Å². The topological polar surface area (TPSA) is 58.2 Å². The van der Waals surface area contributed by atoms with Crippen LogP contribution >= 0.6 is 11.6 Å². The highest BCUT2D eigenvalue weighted by atomic mass is 35.5. The van der Waals surface area contributed by atoms with Gasteiger partial charge in [-0.3, -0.25) is 9.89 Å². The fourth-order valence-electron chi connectivity index (χ4n) is 3.54. The summed E-state index contributed by atoms with van der Waals surface area (Å²) >= 11 is 6.03. The summed E-state index contributed by atoms with van der Waals surface area (Å²) in [5, 5.41) is 8.07. The van der Waals surface area contributed by atoms with Crippen LogP contribution in [0.1, 0.15) is 33.2 Å². The number of aromatic amines is 1. The van der Waals surface area contributed by atoms with Crippen molar-refractivity contribution < 1.29 is 9.53 Å². The summed E-state index contributed by atoms with van der Waals surface area (Å²) in [5.41, 5.74) is 5.39. The number of carbonyl (C=O) groups excluding carboxylic acids is 1. The van der Waals surface area contributed by atoms with E-state index in [4.69, 9.17) is 16.3 Å². The molecule has 1 aliphatic heterocycles. The van der Waals surface area contributed by atoms with E-state index in [9.17, 15) is 4.79 Å². The van der Waals surface area contributed by atoms with Crippen molar-refractivity contribution in [2.75, 3.05) is 20.3 Å². The summed E-state index contributed by atoms with van der Waals surface area (Å²) in [7, 11) is 1.64. The van der Waals surface area contributed by atoms with Crippen LogP contribution in [0.3, 0.4) is 0 Å². The van der Waals surface area contributed by atoms with Crippen LogP contribution in [-0.2, 0) is 4.74 Å². The normalized spacial score (nSPS) is 16.0. The first-order valence-corrected chi connectivity index (χ1v) is 9.18. The number of amides is 1. The molecule has 0 bridgehead atoms. The van der Waals surface area contributed by atoms with Crippen molar-refractivity contribution in [3.05, 3.63) is 75.9 Å². The monoisotopic (exact) mass is 381 g/mol. The summed E-state index contributed by atoms with van der Waals surface area (Å²) in [5.74, 6) is -0.0552. The molecule has 5 nitrogen and oxygen atoms in total. The average molecular weight is 382 g/mol. The van der Waals surface area contributed by atoms with Gasteiger partial charge < -0.3 is 9.64 Å². The minimum atomic E-state index is -0.201. The van der Waals surface area contributed by atoms with Crippen molar-refractivity contribution in [3.8, 4) is 11.3 Å². The number of ether oxygens (including phenoxy) is 1. The molecular weight excluding hydrogens is 362 g/mol. The highest BCUT2D eigenvalue weighted by molar-refractivity contribution is 6.30. The van der Waals surface area contributed by atoms with Gasteiger partial charge in [0.25, 0.3) is 5.91 Å². The minimum absolute atomic E-state index is 0.0552. The van der Waals surface area contributed by atoms with E-state index in [2.05, 4.69) is 41.4 Å². The smallest absolute Gasteiger partial charge is 0.273 e. The number of rotatable bonds is 5. The van der Waals surface area contributed by atoms with Crippen LogP contribution in [-0.4, -0.2) is 41.3 Å². The molecule has 0 fully saturated rings. The molecule has 3 aromatic rings. The molecule has 0 spiro atoms. The third-order valence-corrected chi connectivity index (χ3v) is 5.16. The first kappa shape index (κ1) is 17.8. The number of carbonyl (C=O) groups is 1. The molecule has 6 heteroatoms. The summed E-state index contributed by atoms with van der Waals surface area (Å²) in [4.78, 5) is 14.9. The molecule has 2 aromatic carbocycles. The average Bonchev–Trinajstić information content (AvgIpc) is 3.21. The first-order chi connectivity index (χ1) is 13.1. The van der Waals surface area contributed by atoms with Gasteiger partial charge in [-0.15, -0.1) is 0 Å². The van der Waals surface area contributed by atoms with E-state index in [0.717, 1.165) is 22.4 Å². The van der Waals surface area contributed by atoms with Crippen molar-refractivity contribution in [2.24, 2.45) is 0 Å². The lowest BCUT2D eigenvalue weighted by atomic mass is 9.95. The Balaban J connectivity index is 1.84. The number of nitrogens with zero attached hydrogens (tertiary/aromatic N) is 2. The highest BCUT2D eigenvalue weighted by Crippen LogP contribution is 2.42. The maximum Gasteiger partial charge on any atom is 0.273 e. The second kappa shape index (κ2) is 7.18. The van der Waals surface area contributed by atoms with E-state index >= 15 is 0 Å². The SMILES string of the molecule is COCCN1C(=O)c2[nH]nc(-c3ccc(Cl)cc3)c2C1c1ccc(C)cc1. The fraction of sp³-hybridized carbons (Fsp3) is 0.238. The Hall–Kier alpha value is -2.63. The molecule has 1 unspecified atom stereocenters. The Morgan fingerprint density at radius 2 is 1.85 bits per heavy atom. The van der Waals surface area contributed by atoms with Crippen molar-refractivity contribution in [1.82, 2.24) is 15.1 Å². The minimum Gasteiger partial charge on any atom is -0.383 e. The largest absolute Gasteiger partial charge is 0.383 e. The van der Waals surface area contributed by atoms with Crippen LogP contribution < -0.4 is 0 Å². The number of H-pyrrole nitrogens is 1. The number of nitrogens with one attached hydrogen (secondary N) is 1. The maximum atomic E-state index is 13.0. The number of benzene rings is 2. The fourth-order valence-corrected chi connectivity index (χ4v) is 3.67. The third kappa shape index (κ3) is 3.13. The van der Waals surface area contributed by atoms with E-state index in [-0.39, 0.29) is 11.9 Å². The Bertz CT molecular complexity index is 964. The van der Waals surface area contributed by atoms with Gasteiger partial charge in [0.15, 0.2) is 0 Å². The van der Waals surface area contributed by atoms with Gasteiger partial charge in [-0.25, -0.2) is 0 Å². The standard InChI is InChI=1S/C21H20ClN3O2/c1-13-3-5-15(6-4-13)20-17-18(14-7-9-16(22)10-8-14)23-24-19(17)21(26)25(20)11-12-27-2/h3-10,20H,11-12H2,1-2H3,(H,23,24). The van der Waals surface area contributed by atoms with E-state index < -0.39 is 0 Å². The zero-order chi connectivity index (χ0) is 19.0. The second-order valence-corrected chi connectivity index (χ2v) is 7.11. The van der Waals surface area contributed by atoms with Gasteiger partial charge in [0.05, 0.1) is 18.3 Å². The molecule has 0 radical (unpaired) electrons. The second-order valence-electron chi connectivity index (χ2n) is 6.67. The predicted octanol–water partition coefficient (Wildman–Crippen LogP) is 4.23. The Kier molecular flexibility index (Phi) is 4.72. The van der Waals surface area contributed by atoms with Crippen LogP contribution in [0.2, 0.25) is 5.02 Å². The molecule has 0 aliphatic carbocycles. The number of hydrogen-bond donors (Lipinski definition) is 1. The summed E-state index contributed by atoms with van der Waals surface area (Å²) in [6.45, 7) is 3.03. The van der Waals surface area contributed by atoms with Crippen molar-refractivity contribution in [2.45, 2.75) is 13.0 Å². The molecule has 4 rings (SSSR count). The number of hydrogen-bond acceptors (Lipinski definition) is 3. The molecular formula is C21H20ClN3O2. The predicted molar refractivity (Wildman–Crippen MR) is 105 cm³/mol. The molecule has 0 saturated carbocycles. The number of halogens is 1. The van der Waals surface area contributed by atoms with E-state index in [1.807, 2.05) is 29.2 Å².